The molecule has 1 atom stereocenters. The molecule has 1 aromatic heterocycles. The van der Waals surface area contributed by atoms with Crippen LogP contribution in [0.1, 0.15) is 6.42 Å². The summed E-state index contributed by atoms with van der Waals surface area (Å²) in [7, 11) is -3.50. The molecule has 0 spiro atoms. The number of hydrogen-bond donors (Lipinski definition) is 0. The van der Waals surface area contributed by atoms with Crippen molar-refractivity contribution in [2.75, 3.05) is 31.1 Å². The normalized spacial score (nSPS) is 20.1. The molecule has 10 heteroatoms. The van der Waals surface area contributed by atoms with Gasteiger partial charge >= 0.3 is 0 Å². The predicted octanol–water partition coefficient (Wildman–Crippen LogP) is 1.31. The summed E-state index contributed by atoms with van der Waals surface area (Å²) < 4.78 is 32.4. The van der Waals surface area contributed by atoms with Gasteiger partial charge in [-0.3, -0.25) is 4.18 Å². The summed E-state index contributed by atoms with van der Waals surface area (Å²) in [4.78, 5) is 9.57. The predicted molar refractivity (Wildman–Crippen MR) is 74.6 cm³/mol. The SMILES string of the molecule is CS(=O)(=O)OCC1CCOCN1c1cc(Cl)nc(Cl)n1. The minimum atomic E-state index is -3.50. The molecule has 2 rings (SSSR count). The summed E-state index contributed by atoms with van der Waals surface area (Å²) in [5, 5.41) is 0.217. The number of ether oxygens (including phenoxy) is 1. The quantitative estimate of drug-likeness (QED) is 0.464. The van der Waals surface area contributed by atoms with Crippen LogP contribution in [-0.2, 0) is 19.0 Å². The largest absolute Gasteiger partial charge is 0.361 e. The molecular weight excluding hydrogens is 329 g/mol. The van der Waals surface area contributed by atoms with Gasteiger partial charge in [0, 0.05) is 6.07 Å². The maximum absolute atomic E-state index is 11.1. The van der Waals surface area contributed by atoms with Crippen LogP contribution in [0.5, 0.6) is 0 Å². The number of halogens is 2. The van der Waals surface area contributed by atoms with Gasteiger partial charge in [-0.2, -0.15) is 8.42 Å². The number of nitrogens with zero attached hydrogens (tertiary/aromatic N) is 3. The molecule has 0 aliphatic carbocycles. The van der Waals surface area contributed by atoms with E-state index in [9.17, 15) is 8.42 Å². The Bertz CT molecular complexity index is 564. The molecule has 112 valence electrons. The van der Waals surface area contributed by atoms with Crippen molar-refractivity contribution in [2.24, 2.45) is 0 Å². The van der Waals surface area contributed by atoms with Gasteiger partial charge < -0.3 is 9.64 Å². The molecule has 1 aliphatic heterocycles. The first kappa shape index (κ1) is 15.7. The maximum Gasteiger partial charge on any atom is 0.264 e. The van der Waals surface area contributed by atoms with Crippen LogP contribution in [0.2, 0.25) is 10.4 Å². The second-order valence-corrected chi connectivity index (χ2v) is 6.63. The molecule has 1 aromatic rings. The van der Waals surface area contributed by atoms with Gasteiger partial charge in [-0.1, -0.05) is 11.6 Å². The van der Waals surface area contributed by atoms with Gasteiger partial charge in [-0.15, -0.1) is 0 Å². The Morgan fingerprint density at radius 3 is 2.90 bits per heavy atom. The second kappa shape index (κ2) is 6.40. The van der Waals surface area contributed by atoms with E-state index in [0.29, 0.717) is 18.8 Å². The summed E-state index contributed by atoms with van der Waals surface area (Å²) >= 11 is 11.6. The minimum absolute atomic E-state index is 0.0147. The second-order valence-electron chi connectivity index (χ2n) is 4.26. The Hall–Kier alpha value is -0.670. The molecule has 2 heterocycles. The fourth-order valence-corrected chi connectivity index (χ4v) is 2.60. The molecule has 1 saturated heterocycles. The minimum Gasteiger partial charge on any atom is -0.361 e. The third kappa shape index (κ3) is 4.42. The molecule has 20 heavy (non-hydrogen) atoms. The van der Waals surface area contributed by atoms with E-state index in [1.54, 1.807) is 4.90 Å². The highest BCUT2D eigenvalue weighted by Gasteiger charge is 2.26. The molecule has 1 aliphatic rings. The topological polar surface area (TPSA) is 81.6 Å². The molecule has 1 fully saturated rings. The van der Waals surface area contributed by atoms with Crippen LogP contribution in [0.4, 0.5) is 5.82 Å². The Morgan fingerprint density at radius 1 is 1.50 bits per heavy atom. The van der Waals surface area contributed by atoms with E-state index >= 15 is 0 Å². The van der Waals surface area contributed by atoms with Crippen molar-refractivity contribution in [1.82, 2.24) is 9.97 Å². The Kier molecular flexibility index (Phi) is 5.03. The van der Waals surface area contributed by atoms with Crippen LogP contribution in [0.25, 0.3) is 0 Å². The molecule has 0 N–H and O–H groups in total. The van der Waals surface area contributed by atoms with Crippen LogP contribution in [0.15, 0.2) is 6.07 Å². The summed E-state index contributed by atoms with van der Waals surface area (Å²) in [6.45, 7) is 0.781. The van der Waals surface area contributed by atoms with E-state index in [4.69, 9.17) is 32.1 Å². The average molecular weight is 342 g/mol. The van der Waals surface area contributed by atoms with Crippen molar-refractivity contribution in [3.63, 3.8) is 0 Å². The zero-order valence-corrected chi connectivity index (χ0v) is 13.0. The van der Waals surface area contributed by atoms with Gasteiger partial charge in [-0.05, 0) is 18.0 Å². The molecule has 7 nitrogen and oxygen atoms in total. The van der Waals surface area contributed by atoms with Gasteiger partial charge in [0.05, 0.1) is 25.5 Å². The lowest BCUT2D eigenvalue weighted by Gasteiger charge is -2.35. The van der Waals surface area contributed by atoms with Gasteiger partial charge in [0.1, 0.15) is 17.7 Å². The molecule has 0 bridgehead atoms. The summed E-state index contributed by atoms with van der Waals surface area (Å²) in [5.74, 6) is 0.469. The fraction of sp³-hybridized carbons (Fsp3) is 0.600. The van der Waals surface area contributed by atoms with Gasteiger partial charge in [0.15, 0.2) is 0 Å². The van der Waals surface area contributed by atoms with Crippen LogP contribution < -0.4 is 4.90 Å². The highest BCUT2D eigenvalue weighted by Crippen LogP contribution is 2.24. The maximum atomic E-state index is 11.1. The van der Waals surface area contributed by atoms with E-state index in [0.717, 1.165) is 6.26 Å². The van der Waals surface area contributed by atoms with E-state index in [1.807, 2.05) is 0 Å². The van der Waals surface area contributed by atoms with Crippen LogP contribution in [-0.4, -0.2) is 50.6 Å². The highest BCUT2D eigenvalue weighted by atomic mass is 35.5. The molecule has 0 radical (unpaired) electrons. The molecule has 0 amide bonds. The lowest BCUT2D eigenvalue weighted by Crippen LogP contribution is -2.45. The van der Waals surface area contributed by atoms with Gasteiger partial charge in [0.25, 0.3) is 10.1 Å². The fourth-order valence-electron chi connectivity index (χ4n) is 1.80. The van der Waals surface area contributed by atoms with Gasteiger partial charge in [0.2, 0.25) is 5.28 Å². The van der Waals surface area contributed by atoms with Crippen molar-refractivity contribution in [3.8, 4) is 0 Å². The smallest absolute Gasteiger partial charge is 0.264 e. The molecule has 1 unspecified atom stereocenters. The van der Waals surface area contributed by atoms with Crippen molar-refractivity contribution in [1.29, 1.82) is 0 Å². The number of rotatable bonds is 4. The molecule has 0 aromatic carbocycles. The summed E-state index contributed by atoms with van der Waals surface area (Å²) in [5.41, 5.74) is 0. The van der Waals surface area contributed by atoms with E-state index < -0.39 is 10.1 Å². The monoisotopic (exact) mass is 341 g/mol. The number of anilines is 1. The van der Waals surface area contributed by atoms with Crippen LogP contribution in [0, 0.1) is 0 Å². The Morgan fingerprint density at radius 2 is 2.25 bits per heavy atom. The lowest BCUT2D eigenvalue weighted by molar-refractivity contribution is 0.0751. The summed E-state index contributed by atoms with van der Waals surface area (Å²) in [6.07, 6.45) is 1.61. The van der Waals surface area contributed by atoms with Crippen molar-refractivity contribution < 1.29 is 17.3 Å². The first-order valence-corrected chi connectivity index (χ1v) is 8.31. The summed E-state index contributed by atoms with van der Waals surface area (Å²) in [6, 6.07) is 1.34. The first-order valence-electron chi connectivity index (χ1n) is 5.74. The van der Waals surface area contributed by atoms with E-state index in [2.05, 4.69) is 9.97 Å². The van der Waals surface area contributed by atoms with Crippen molar-refractivity contribution in [2.45, 2.75) is 12.5 Å². The third-order valence-corrected chi connectivity index (χ3v) is 3.62. The van der Waals surface area contributed by atoms with Crippen molar-refractivity contribution >= 4 is 39.1 Å². The first-order chi connectivity index (χ1) is 9.35. The lowest BCUT2D eigenvalue weighted by atomic mass is 10.2. The number of hydrogen-bond acceptors (Lipinski definition) is 7. The molecular formula is C10H13Cl2N3O4S. The van der Waals surface area contributed by atoms with E-state index in [1.165, 1.54) is 6.07 Å². The Balaban J connectivity index is 2.17. The number of aromatic nitrogens is 2. The molecule has 0 saturated carbocycles. The van der Waals surface area contributed by atoms with E-state index in [-0.39, 0.29) is 29.8 Å². The van der Waals surface area contributed by atoms with Crippen LogP contribution in [0.3, 0.4) is 0 Å². The third-order valence-electron chi connectivity index (χ3n) is 2.69. The zero-order chi connectivity index (χ0) is 14.8. The van der Waals surface area contributed by atoms with Crippen LogP contribution >= 0.6 is 23.2 Å². The Labute approximate surface area is 126 Å². The standard InChI is InChI=1S/C10H13Cl2N3O4S/c1-20(16,17)19-5-7-2-3-18-6-15(7)9-4-8(11)13-10(12)14-9/h4,7H,2-3,5-6H2,1H3. The zero-order valence-electron chi connectivity index (χ0n) is 10.6. The average Bonchev–Trinajstić information content (AvgIpc) is 2.34. The van der Waals surface area contributed by atoms with Crippen molar-refractivity contribution in [3.05, 3.63) is 16.5 Å². The highest BCUT2D eigenvalue weighted by molar-refractivity contribution is 7.85. The van der Waals surface area contributed by atoms with Gasteiger partial charge in [-0.25, -0.2) is 9.97 Å².